The van der Waals surface area contributed by atoms with Crippen LogP contribution < -0.4 is 4.74 Å². The topological polar surface area (TPSA) is 53.7 Å². The van der Waals surface area contributed by atoms with Gasteiger partial charge in [0.1, 0.15) is 19.0 Å². The van der Waals surface area contributed by atoms with Crippen molar-refractivity contribution in [1.29, 1.82) is 0 Å². The molecule has 1 heterocycles. The Balaban J connectivity index is 1.86. The minimum atomic E-state index is -4.64. The SMILES string of the molecule is C#CCOCCOCCOc1cccc2oc(C(F)(F)F)nc12. The number of benzene rings is 1. The highest BCUT2D eigenvalue weighted by Crippen LogP contribution is 2.34. The first kappa shape index (κ1) is 17.1. The summed E-state index contributed by atoms with van der Waals surface area (Å²) < 4.78 is 58.1. The van der Waals surface area contributed by atoms with Crippen LogP contribution in [0.3, 0.4) is 0 Å². The van der Waals surface area contributed by atoms with E-state index in [0.717, 1.165) is 0 Å². The Kier molecular flexibility index (Phi) is 5.84. The summed E-state index contributed by atoms with van der Waals surface area (Å²) >= 11 is 0. The Morgan fingerprint density at radius 2 is 1.87 bits per heavy atom. The third-order valence-electron chi connectivity index (χ3n) is 2.67. The molecule has 1 aromatic carbocycles. The van der Waals surface area contributed by atoms with Crippen molar-refractivity contribution in [3.63, 3.8) is 0 Å². The van der Waals surface area contributed by atoms with Crippen LogP contribution in [0, 0.1) is 12.3 Å². The van der Waals surface area contributed by atoms with E-state index in [1.165, 1.54) is 18.2 Å². The van der Waals surface area contributed by atoms with Gasteiger partial charge in [-0.2, -0.15) is 13.2 Å². The lowest BCUT2D eigenvalue weighted by atomic mass is 10.3. The summed E-state index contributed by atoms with van der Waals surface area (Å²) in [6, 6.07) is 4.43. The maximum atomic E-state index is 12.6. The van der Waals surface area contributed by atoms with Crippen LogP contribution in [0.4, 0.5) is 13.2 Å². The van der Waals surface area contributed by atoms with E-state index in [-0.39, 0.29) is 36.7 Å². The van der Waals surface area contributed by atoms with Crippen LogP contribution in [0.25, 0.3) is 11.1 Å². The second kappa shape index (κ2) is 7.85. The van der Waals surface area contributed by atoms with Gasteiger partial charge in [0.15, 0.2) is 11.1 Å². The van der Waals surface area contributed by atoms with E-state index in [0.29, 0.717) is 13.2 Å². The van der Waals surface area contributed by atoms with Crippen molar-refractivity contribution in [2.45, 2.75) is 6.18 Å². The number of halogens is 3. The quantitative estimate of drug-likeness (QED) is 0.551. The van der Waals surface area contributed by atoms with Gasteiger partial charge in [-0.3, -0.25) is 0 Å². The van der Waals surface area contributed by atoms with Crippen molar-refractivity contribution in [3.8, 4) is 18.1 Å². The van der Waals surface area contributed by atoms with Gasteiger partial charge in [-0.25, -0.2) is 4.98 Å². The second-order valence-electron chi connectivity index (χ2n) is 4.34. The zero-order valence-electron chi connectivity index (χ0n) is 12.1. The van der Waals surface area contributed by atoms with Crippen LogP contribution in [0.1, 0.15) is 5.89 Å². The highest BCUT2D eigenvalue weighted by Gasteiger charge is 2.37. The maximum absolute atomic E-state index is 12.6. The first-order chi connectivity index (χ1) is 11.0. The van der Waals surface area contributed by atoms with Gasteiger partial charge in [0.05, 0.1) is 19.8 Å². The van der Waals surface area contributed by atoms with Crippen molar-refractivity contribution in [2.24, 2.45) is 0 Å². The second-order valence-corrected chi connectivity index (χ2v) is 4.34. The van der Waals surface area contributed by atoms with E-state index < -0.39 is 12.1 Å². The first-order valence-corrected chi connectivity index (χ1v) is 6.71. The number of oxazole rings is 1. The number of fused-ring (bicyclic) bond motifs is 1. The summed E-state index contributed by atoms with van der Waals surface area (Å²) in [5.74, 6) is 1.22. The number of para-hydroxylation sites is 1. The molecule has 124 valence electrons. The van der Waals surface area contributed by atoms with Crippen molar-refractivity contribution < 1.29 is 31.8 Å². The fourth-order valence-corrected chi connectivity index (χ4v) is 1.72. The Bertz CT molecular complexity index is 675. The maximum Gasteiger partial charge on any atom is 0.468 e. The molecular weight excluding hydrogens is 315 g/mol. The van der Waals surface area contributed by atoms with E-state index >= 15 is 0 Å². The number of alkyl halides is 3. The molecule has 8 heteroatoms. The monoisotopic (exact) mass is 329 g/mol. The van der Waals surface area contributed by atoms with Crippen molar-refractivity contribution in [1.82, 2.24) is 4.98 Å². The summed E-state index contributed by atoms with van der Waals surface area (Å²) in [6.45, 7) is 1.33. The number of hydrogen-bond acceptors (Lipinski definition) is 5. The zero-order valence-corrected chi connectivity index (χ0v) is 12.1. The molecule has 0 radical (unpaired) electrons. The zero-order chi connectivity index (χ0) is 16.7. The molecular formula is C15H14F3NO4. The molecule has 0 amide bonds. The molecule has 2 aromatic rings. The van der Waals surface area contributed by atoms with Gasteiger partial charge in [0, 0.05) is 0 Å². The molecule has 0 aliphatic rings. The normalized spacial score (nSPS) is 11.6. The van der Waals surface area contributed by atoms with Gasteiger partial charge in [-0.1, -0.05) is 12.0 Å². The van der Waals surface area contributed by atoms with Gasteiger partial charge >= 0.3 is 12.1 Å². The van der Waals surface area contributed by atoms with Crippen LogP contribution in [-0.4, -0.2) is 38.0 Å². The largest absolute Gasteiger partial charge is 0.489 e. The molecule has 5 nitrogen and oxygen atoms in total. The number of terminal acetylenes is 1. The molecule has 0 N–H and O–H groups in total. The van der Waals surface area contributed by atoms with Crippen LogP contribution in [0.15, 0.2) is 22.6 Å². The lowest BCUT2D eigenvalue weighted by Crippen LogP contribution is -2.11. The van der Waals surface area contributed by atoms with E-state index in [9.17, 15) is 13.2 Å². The minimum absolute atomic E-state index is 0.0124. The smallest absolute Gasteiger partial charge is 0.468 e. The molecule has 0 saturated carbocycles. The van der Waals surface area contributed by atoms with E-state index in [1.54, 1.807) is 0 Å². The van der Waals surface area contributed by atoms with E-state index in [1.807, 2.05) is 0 Å². The molecule has 2 rings (SSSR count). The first-order valence-electron chi connectivity index (χ1n) is 6.71. The molecule has 0 spiro atoms. The van der Waals surface area contributed by atoms with Gasteiger partial charge in [-0.15, -0.1) is 6.42 Å². The molecule has 0 atom stereocenters. The van der Waals surface area contributed by atoms with Crippen molar-refractivity contribution >= 4 is 11.1 Å². The number of aromatic nitrogens is 1. The summed E-state index contributed by atoms with van der Waals surface area (Å²) in [5.41, 5.74) is 0.0376. The highest BCUT2D eigenvalue weighted by atomic mass is 19.4. The molecule has 23 heavy (non-hydrogen) atoms. The Labute approximate surface area is 130 Å². The highest BCUT2D eigenvalue weighted by molar-refractivity contribution is 5.79. The fourth-order valence-electron chi connectivity index (χ4n) is 1.72. The summed E-state index contributed by atoms with van der Waals surface area (Å²) in [4.78, 5) is 3.44. The Hall–Kier alpha value is -2.24. The minimum Gasteiger partial charge on any atom is -0.489 e. The third-order valence-corrected chi connectivity index (χ3v) is 2.67. The third kappa shape index (κ3) is 4.87. The molecule has 0 saturated heterocycles. The predicted octanol–water partition coefficient (Wildman–Crippen LogP) is 2.89. The van der Waals surface area contributed by atoms with Crippen LogP contribution >= 0.6 is 0 Å². The van der Waals surface area contributed by atoms with Crippen LogP contribution in [0.2, 0.25) is 0 Å². The summed E-state index contributed by atoms with van der Waals surface area (Å²) in [7, 11) is 0. The number of hydrogen-bond donors (Lipinski definition) is 0. The average molecular weight is 329 g/mol. The Morgan fingerprint density at radius 3 is 2.61 bits per heavy atom. The van der Waals surface area contributed by atoms with Crippen molar-refractivity contribution in [2.75, 3.05) is 33.0 Å². The van der Waals surface area contributed by atoms with Gasteiger partial charge in [0.2, 0.25) is 0 Å². The van der Waals surface area contributed by atoms with Gasteiger partial charge < -0.3 is 18.6 Å². The van der Waals surface area contributed by atoms with Gasteiger partial charge in [0.25, 0.3) is 0 Å². The number of nitrogens with zero attached hydrogens (tertiary/aromatic N) is 1. The lowest BCUT2D eigenvalue weighted by Gasteiger charge is -2.07. The van der Waals surface area contributed by atoms with E-state index in [2.05, 4.69) is 15.3 Å². The van der Waals surface area contributed by atoms with Crippen LogP contribution in [-0.2, 0) is 15.7 Å². The van der Waals surface area contributed by atoms with E-state index in [4.69, 9.17) is 20.6 Å². The fraction of sp³-hybridized carbons (Fsp3) is 0.400. The lowest BCUT2D eigenvalue weighted by molar-refractivity contribution is -0.156. The summed E-state index contributed by atoms with van der Waals surface area (Å²) in [6.07, 6.45) is 0.368. The molecule has 0 bridgehead atoms. The molecule has 0 aliphatic heterocycles. The molecule has 0 fully saturated rings. The molecule has 0 unspecified atom stereocenters. The van der Waals surface area contributed by atoms with Crippen LogP contribution in [0.5, 0.6) is 5.75 Å². The van der Waals surface area contributed by atoms with Crippen molar-refractivity contribution in [3.05, 3.63) is 24.1 Å². The number of ether oxygens (including phenoxy) is 3. The Morgan fingerprint density at radius 1 is 1.13 bits per heavy atom. The standard InChI is InChI=1S/C15H14F3NO4/c1-2-6-20-7-8-21-9-10-22-11-4-3-5-12-13(11)19-14(23-12)15(16,17)18/h1,3-5H,6-10H2. The molecule has 1 aromatic heterocycles. The van der Waals surface area contributed by atoms with Gasteiger partial charge in [-0.05, 0) is 12.1 Å². The summed E-state index contributed by atoms with van der Waals surface area (Å²) in [5, 5.41) is 0. The number of rotatable bonds is 8. The average Bonchev–Trinajstić information content (AvgIpc) is 2.95. The molecule has 0 aliphatic carbocycles. The predicted molar refractivity (Wildman–Crippen MR) is 75.0 cm³/mol.